The molecule has 16 heavy (non-hydrogen) atoms. The first-order chi connectivity index (χ1) is 7.74. The second kappa shape index (κ2) is 4.20. The van der Waals surface area contributed by atoms with Gasteiger partial charge in [0, 0.05) is 0 Å². The highest BCUT2D eigenvalue weighted by molar-refractivity contribution is 5.70. The molecule has 0 N–H and O–H groups in total. The molecule has 0 unspecified atom stereocenters. The van der Waals surface area contributed by atoms with Gasteiger partial charge in [-0.25, -0.2) is 0 Å². The van der Waals surface area contributed by atoms with Crippen LogP contribution in [-0.4, -0.2) is 0 Å². The summed E-state index contributed by atoms with van der Waals surface area (Å²) in [6, 6.07) is 16.4. The molecule has 2 rings (SSSR count). The predicted molar refractivity (Wildman–Crippen MR) is 66.1 cm³/mol. The summed E-state index contributed by atoms with van der Waals surface area (Å²) in [6.45, 7) is 4.07. The van der Waals surface area contributed by atoms with E-state index in [4.69, 9.17) is 5.26 Å². The largest absolute Gasteiger partial charge is 0.192 e. The van der Waals surface area contributed by atoms with E-state index in [0.717, 1.165) is 11.1 Å². The monoisotopic (exact) mass is 207 g/mol. The molecule has 0 aliphatic heterocycles. The van der Waals surface area contributed by atoms with Crippen LogP contribution < -0.4 is 0 Å². The number of hydrogen-bond acceptors (Lipinski definition) is 1. The average molecular weight is 207 g/mol. The third kappa shape index (κ3) is 1.70. The molecule has 0 amide bonds. The van der Waals surface area contributed by atoms with Crippen LogP contribution in [0, 0.1) is 25.2 Å². The standard InChI is InChI=1S/C15H13N/c1-11-12(2)15(9-8-14(11)10-16)13-6-4-3-5-7-13/h3-9H,1-2H3. The Hall–Kier alpha value is -2.07. The number of rotatable bonds is 1. The summed E-state index contributed by atoms with van der Waals surface area (Å²) in [5.41, 5.74) is 5.43. The second-order valence-corrected chi connectivity index (χ2v) is 3.89. The molecule has 0 aliphatic carbocycles. The number of nitriles is 1. The average Bonchev–Trinajstić information content (AvgIpc) is 2.34. The Kier molecular flexibility index (Phi) is 2.74. The lowest BCUT2D eigenvalue weighted by atomic mass is 9.94. The minimum Gasteiger partial charge on any atom is -0.192 e. The topological polar surface area (TPSA) is 23.8 Å². The van der Waals surface area contributed by atoms with Crippen LogP contribution in [0.2, 0.25) is 0 Å². The molecule has 0 heterocycles. The Balaban J connectivity index is 2.62. The van der Waals surface area contributed by atoms with Crippen molar-refractivity contribution in [3.63, 3.8) is 0 Å². The van der Waals surface area contributed by atoms with E-state index in [1.807, 2.05) is 37.3 Å². The summed E-state index contributed by atoms with van der Waals surface area (Å²) in [4.78, 5) is 0. The van der Waals surface area contributed by atoms with Crippen molar-refractivity contribution in [1.29, 1.82) is 5.26 Å². The molecule has 0 atom stereocenters. The summed E-state index contributed by atoms with van der Waals surface area (Å²) in [7, 11) is 0. The van der Waals surface area contributed by atoms with Crippen molar-refractivity contribution in [2.45, 2.75) is 13.8 Å². The van der Waals surface area contributed by atoms with E-state index >= 15 is 0 Å². The van der Waals surface area contributed by atoms with Gasteiger partial charge in [0.15, 0.2) is 0 Å². The van der Waals surface area contributed by atoms with Crippen molar-refractivity contribution >= 4 is 0 Å². The van der Waals surface area contributed by atoms with Gasteiger partial charge < -0.3 is 0 Å². The molecule has 0 radical (unpaired) electrons. The molecule has 78 valence electrons. The van der Waals surface area contributed by atoms with Crippen LogP contribution in [0.4, 0.5) is 0 Å². The fraction of sp³-hybridized carbons (Fsp3) is 0.133. The molecule has 0 fully saturated rings. The quantitative estimate of drug-likeness (QED) is 0.697. The normalized spacial score (nSPS) is 9.81. The molecule has 0 saturated heterocycles. The first kappa shape index (κ1) is 10.4. The minimum atomic E-state index is 0.761. The maximum atomic E-state index is 8.95. The lowest BCUT2D eigenvalue weighted by Crippen LogP contribution is -1.91. The van der Waals surface area contributed by atoms with E-state index in [9.17, 15) is 0 Å². The molecule has 0 saturated carbocycles. The smallest absolute Gasteiger partial charge is 0.0994 e. The van der Waals surface area contributed by atoms with Crippen LogP contribution in [0.25, 0.3) is 11.1 Å². The van der Waals surface area contributed by atoms with Crippen molar-refractivity contribution in [3.05, 3.63) is 59.2 Å². The van der Waals surface area contributed by atoms with E-state index < -0.39 is 0 Å². The van der Waals surface area contributed by atoms with Gasteiger partial charge in [-0.05, 0) is 42.2 Å². The highest BCUT2D eigenvalue weighted by Crippen LogP contribution is 2.26. The summed E-state index contributed by atoms with van der Waals surface area (Å²) in [6.07, 6.45) is 0. The van der Waals surface area contributed by atoms with E-state index in [2.05, 4.69) is 25.1 Å². The molecule has 0 spiro atoms. The molecular formula is C15H13N. The van der Waals surface area contributed by atoms with Crippen LogP contribution in [-0.2, 0) is 0 Å². The lowest BCUT2D eigenvalue weighted by molar-refractivity contribution is 1.31. The Morgan fingerprint density at radius 1 is 0.875 bits per heavy atom. The molecule has 0 bridgehead atoms. The molecule has 1 heteroatoms. The van der Waals surface area contributed by atoms with Gasteiger partial charge in [0.1, 0.15) is 0 Å². The zero-order valence-corrected chi connectivity index (χ0v) is 9.49. The predicted octanol–water partition coefficient (Wildman–Crippen LogP) is 3.84. The lowest BCUT2D eigenvalue weighted by Gasteiger charge is -2.10. The van der Waals surface area contributed by atoms with Gasteiger partial charge in [-0.15, -0.1) is 0 Å². The van der Waals surface area contributed by atoms with Crippen molar-refractivity contribution in [2.75, 3.05) is 0 Å². The molecule has 0 aliphatic rings. The molecule has 0 aromatic heterocycles. The summed E-state index contributed by atoms with van der Waals surface area (Å²) < 4.78 is 0. The Morgan fingerprint density at radius 3 is 2.19 bits per heavy atom. The van der Waals surface area contributed by atoms with Gasteiger partial charge in [0.2, 0.25) is 0 Å². The van der Waals surface area contributed by atoms with Crippen LogP contribution >= 0.6 is 0 Å². The summed E-state index contributed by atoms with van der Waals surface area (Å²) in [5, 5.41) is 8.95. The molecular weight excluding hydrogens is 194 g/mol. The first-order valence-electron chi connectivity index (χ1n) is 5.29. The Bertz CT molecular complexity index is 548. The SMILES string of the molecule is Cc1c(C#N)ccc(-c2ccccc2)c1C. The van der Waals surface area contributed by atoms with Gasteiger partial charge >= 0.3 is 0 Å². The van der Waals surface area contributed by atoms with Gasteiger partial charge in [0.25, 0.3) is 0 Å². The highest BCUT2D eigenvalue weighted by atomic mass is 14.2. The summed E-state index contributed by atoms with van der Waals surface area (Å²) >= 11 is 0. The fourth-order valence-electron chi connectivity index (χ4n) is 1.87. The van der Waals surface area contributed by atoms with Crippen molar-refractivity contribution in [2.24, 2.45) is 0 Å². The maximum Gasteiger partial charge on any atom is 0.0994 e. The van der Waals surface area contributed by atoms with Crippen LogP contribution in [0.3, 0.4) is 0 Å². The minimum absolute atomic E-state index is 0.761. The van der Waals surface area contributed by atoms with Crippen molar-refractivity contribution in [1.82, 2.24) is 0 Å². The second-order valence-electron chi connectivity index (χ2n) is 3.89. The zero-order chi connectivity index (χ0) is 11.5. The number of nitrogens with zero attached hydrogens (tertiary/aromatic N) is 1. The van der Waals surface area contributed by atoms with Gasteiger partial charge in [0.05, 0.1) is 11.6 Å². The number of benzene rings is 2. The van der Waals surface area contributed by atoms with Crippen LogP contribution in [0.5, 0.6) is 0 Å². The molecule has 2 aromatic carbocycles. The van der Waals surface area contributed by atoms with Crippen LogP contribution in [0.1, 0.15) is 16.7 Å². The van der Waals surface area contributed by atoms with E-state index in [-0.39, 0.29) is 0 Å². The van der Waals surface area contributed by atoms with E-state index in [1.165, 1.54) is 16.7 Å². The maximum absolute atomic E-state index is 8.95. The van der Waals surface area contributed by atoms with Crippen LogP contribution in [0.15, 0.2) is 42.5 Å². The molecule has 2 aromatic rings. The zero-order valence-electron chi connectivity index (χ0n) is 9.49. The third-order valence-electron chi connectivity index (χ3n) is 2.99. The third-order valence-corrected chi connectivity index (χ3v) is 2.99. The summed E-state index contributed by atoms with van der Waals surface area (Å²) in [5.74, 6) is 0. The Morgan fingerprint density at radius 2 is 1.56 bits per heavy atom. The van der Waals surface area contributed by atoms with Gasteiger partial charge in [-0.1, -0.05) is 36.4 Å². The van der Waals surface area contributed by atoms with E-state index in [1.54, 1.807) is 0 Å². The first-order valence-corrected chi connectivity index (χ1v) is 5.29. The van der Waals surface area contributed by atoms with Crippen molar-refractivity contribution < 1.29 is 0 Å². The highest BCUT2D eigenvalue weighted by Gasteiger charge is 2.06. The van der Waals surface area contributed by atoms with Crippen molar-refractivity contribution in [3.8, 4) is 17.2 Å². The number of hydrogen-bond donors (Lipinski definition) is 0. The van der Waals surface area contributed by atoms with Gasteiger partial charge in [-0.2, -0.15) is 5.26 Å². The Labute approximate surface area is 96.0 Å². The fourth-order valence-corrected chi connectivity index (χ4v) is 1.87. The van der Waals surface area contributed by atoms with Gasteiger partial charge in [-0.3, -0.25) is 0 Å². The molecule has 1 nitrogen and oxygen atoms in total. The van der Waals surface area contributed by atoms with E-state index in [0.29, 0.717) is 0 Å².